The minimum absolute atomic E-state index is 0.103. The molecule has 6 nitrogen and oxygen atoms in total. The molecule has 1 fully saturated rings. The van der Waals surface area contributed by atoms with Crippen molar-refractivity contribution in [3.05, 3.63) is 42.2 Å². The molecule has 1 atom stereocenters. The van der Waals surface area contributed by atoms with Crippen molar-refractivity contribution in [2.75, 3.05) is 13.1 Å². The molecule has 2 aromatic rings. The van der Waals surface area contributed by atoms with E-state index in [9.17, 15) is 9.59 Å². The van der Waals surface area contributed by atoms with Gasteiger partial charge in [-0.15, -0.1) is 0 Å². The van der Waals surface area contributed by atoms with Gasteiger partial charge in [0.15, 0.2) is 0 Å². The lowest BCUT2D eigenvalue weighted by molar-refractivity contribution is -0.127. The van der Waals surface area contributed by atoms with Crippen LogP contribution < -0.4 is 5.32 Å². The topological polar surface area (TPSA) is 67.2 Å². The molecule has 132 valence electrons. The molecule has 2 amide bonds. The zero-order valence-corrected chi connectivity index (χ0v) is 14.7. The number of rotatable bonds is 6. The summed E-state index contributed by atoms with van der Waals surface area (Å²) >= 11 is 0. The summed E-state index contributed by atoms with van der Waals surface area (Å²) in [7, 11) is 0. The quantitative estimate of drug-likeness (QED) is 0.877. The van der Waals surface area contributed by atoms with Crippen molar-refractivity contribution in [2.45, 2.75) is 39.3 Å². The summed E-state index contributed by atoms with van der Waals surface area (Å²) in [5.74, 6) is -0.0117. The first kappa shape index (κ1) is 17.2. The number of benzene rings is 1. The van der Waals surface area contributed by atoms with Gasteiger partial charge in [-0.25, -0.2) is 0 Å². The number of nitrogens with zero attached hydrogens (tertiary/aromatic N) is 3. The van der Waals surface area contributed by atoms with Crippen LogP contribution >= 0.6 is 0 Å². The van der Waals surface area contributed by atoms with Gasteiger partial charge in [-0.2, -0.15) is 5.10 Å². The van der Waals surface area contributed by atoms with Gasteiger partial charge in [0.2, 0.25) is 5.91 Å². The normalized spacial score (nSPS) is 17.1. The molecule has 1 aliphatic heterocycles. The fourth-order valence-corrected chi connectivity index (χ4v) is 3.12. The molecule has 3 rings (SSSR count). The van der Waals surface area contributed by atoms with Crippen LogP contribution in [0.1, 0.15) is 37.0 Å². The van der Waals surface area contributed by atoms with Gasteiger partial charge in [-0.3, -0.25) is 14.3 Å². The van der Waals surface area contributed by atoms with Crippen molar-refractivity contribution in [1.29, 1.82) is 0 Å². The predicted molar refractivity (Wildman–Crippen MR) is 96.1 cm³/mol. The van der Waals surface area contributed by atoms with Gasteiger partial charge in [0.1, 0.15) is 0 Å². The highest BCUT2D eigenvalue weighted by Crippen LogP contribution is 2.19. The number of likely N-dealkylation sites (tertiary alicyclic amines) is 1. The highest BCUT2D eigenvalue weighted by molar-refractivity contribution is 5.95. The Balaban J connectivity index is 1.62. The summed E-state index contributed by atoms with van der Waals surface area (Å²) < 4.78 is 1.87. The SMILES string of the molecule is CCCN1C[C@@H](NC(=O)c2ccc(-c3cnn(CC)c3)cc2)CC1=O. The smallest absolute Gasteiger partial charge is 0.251 e. The third kappa shape index (κ3) is 3.90. The molecule has 1 aliphatic rings. The summed E-state index contributed by atoms with van der Waals surface area (Å²) in [6.45, 7) is 6.28. The van der Waals surface area contributed by atoms with Crippen LogP contribution in [0.15, 0.2) is 36.7 Å². The molecule has 0 saturated carbocycles. The van der Waals surface area contributed by atoms with E-state index in [-0.39, 0.29) is 17.9 Å². The van der Waals surface area contributed by atoms with Gasteiger partial charge >= 0.3 is 0 Å². The molecule has 0 bridgehead atoms. The molecule has 6 heteroatoms. The average Bonchev–Trinajstić information content (AvgIpc) is 3.22. The lowest BCUT2D eigenvalue weighted by Crippen LogP contribution is -2.37. The van der Waals surface area contributed by atoms with Crippen LogP contribution in [0, 0.1) is 0 Å². The molecule has 1 aromatic carbocycles. The van der Waals surface area contributed by atoms with Crippen LogP contribution in [0.2, 0.25) is 0 Å². The van der Waals surface area contributed by atoms with Crippen LogP contribution in [0.25, 0.3) is 11.1 Å². The van der Waals surface area contributed by atoms with Crippen molar-refractivity contribution in [1.82, 2.24) is 20.0 Å². The number of aryl methyl sites for hydroxylation is 1. The fraction of sp³-hybridized carbons (Fsp3) is 0.421. The Hall–Kier alpha value is -2.63. The monoisotopic (exact) mass is 340 g/mol. The minimum atomic E-state index is -0.132. The number of aromatic nitrogens is 2. The first-order chi connectivity index (χ1) is 12.1. The van der Waals surface area contributed by atoms with Gasteiger partial charge in [0, 0.05) is 43.4 Å². The minimum Gasteiger partial charge on any atom is -0.347 e. The van der Waals surface area contributed by atoms with E-state index in [1.165, 1.54) is 0 Å². The molecule has 0 radical (unpaired) electrons. The van der Waals surface area contributed by atoms with E-state index in [1.54, 1.807) is 0 Å². The van der Waals surface area contributed by atoms with Gasteiger partial charge in [-0.1, -0.05) is 19.1 Å². The summed E-state index contributed by atoms with van der Waals surface area (Å²) in [6.07, 6.45) is 5.13. The van der Waals surface area contributed by atoms with Crippen LogP contribution in [0.5, 0.6) is 0 Å². The molecule has 1 aromatic heterocycles. The standard InChI is InChI=1S/C19H24N4O2/c1-3-9-22-13-17(10-18(22)24)21-19(25)15-7-5-14(6-8-15)16-11-20-23(4-2)12-16/h5-8,11-12,17H,3-4,9-10,13H2,1-2H3,(H,21,25)/t17-/m0/s1. The Morgan fingerprint density at radius 2 is 2.00 bits per heavy atom. The molecule has 0 aliphatic carbocycles. The predicted octanol–water partition coefficient (Wildman–Crippen LogP) is 2.31. The van der Waals surface area contributed by atoms with E-state index in [0.717, 1.165) is 30.6 Å². The van der Waals surface area contributed by atoms with E-state index in [0.29, 0.717) is 18.5 Å². The van der Waals surface area contributed by atoms with Gasteiger partial charge < -0.3 is 10.2 Å². The Morgan fingerprint density at radius 3 is 2.64 bits per heavy atom. The second-order valence-electron chi connectivity index (χ2n) is 6.38. The highest BCUT2D eigenvalue weighted by Gasteiger charge is 2.29. The Kier molecular flexibility index (Phi) is 5.16. The summed E-state index contributed by atoms with van der Waals surface area (Å²) in [5, 5.41) is 7.24. The van der Waals surface area contributed by atoms with Crippen molar-refractivity contribution in [3.63, 3.8) is 0 Å². The number of hydrogen-bond donors (Lipinski definition) is 1. The lowest BCUT2D eigenvalue weighted by atomic mass is 10.1. The maximum atomic E-state index is 12.4. The van der Waals surface area contributed by atoms with Gasteiger partial charge in [0.25, 0.3) is 5.91 Å². The van der Waals surface area contributed by atoms with E-state index < -0.39 is 0 Å². The number of carbonyl (C=O) groups excluding carboxylic acids is 2. The highest BCUT2D eigenvalue weighted by atomic mass is 16.2. The summed E-state index contributed by atoms with van der Waals surface area (Å²) in [4.78, 5) is 26.1. The van der Waals surface area contributed by atoms with Crippen molar-refractivity contribution >= 4 is 11.8 Å². The van der Waals surface area contributed by atoms with E-state index >= 15 is 0 Å². The second kappa shape index (κ2) is 7.51. The zero-order valence-electron chi connectivity index (χ0n) is 14.7. The molecule has 1 N–H and O–H groups in total. The maximum absolute atomic E-state index is 12.4. The van der Waals surface area contributed by atoms with Crippen LogP contribution in [-0.4, -0.2) is 45.6 Å². The van der Waals surface area contributed by atoms with E-state index in [1.807, 2.05) is 60.1 Å². The number of hydrogen-bond acceptors (Lipinski definition) is 3. The third-order valence-electron chi connectivity index (χ3n) is 4.48. The Morgan fingerprint density at radius 1 is 1.24 bits per heavy atom. The first-order valence-corrected chi connectivity index (χ1v) is 8.82. The fourth-order valence-electron chi connectivity index (χ4n) is 3.12. The number of amides is 2. The molecule has 2 heterocycles. The van der Waals surface area contributed by atoms with Gasteiger partial charge in [-0.05, 0) is 31.0 Å². The van der Waals surface area contributed by atoms with Crippen LogP contribution in [-0.2, 0) is 11.3 Å². The van der Waals surface area contributed by atoms with E-state index in [2.05, 4.69) is 10.4 Å². The van der Waals surface area contributed by atoms with E-state index in [4.69, 9.17) is 0 Å². The van der Waals surface area contributed by atoms with Crippen LogP contribution in [0.3, 0.4) is 0 Å². The molecule has 25 heavy (non-hydrogen) atoms. The number of nitrogens with one attached hydrogen (secondary N) is 1. The molecular weight excluding hydrogens is 316 g/mol. The average molecular weight is 340 g/mol. The molecule has 1 saturated heterocycles. The first-order valence-electron chi connectivity index (χ1n) is 8.82. The molecule has 0 unspecified atom stereocenters. The zero-order chi connectivity index (χ0) is 17.8. The van der Waals surface area contributed by atoms with Crippen LogP contribution in [0.4, 0.5) is 0 Å². The Labute approximate surface area is 147 Å². The molecular formula is C19H24N4O2. The molecule has 0 spiro atoms. The van der Waals surface area contributed by atoms with Crippen molar-refractivity contribution in [3.8, 4) is 11.1 Å². The third-order valence-corrected chi connectivity index (χ3v) is 4.48. The summed E-state index contributed by atoms with van der Waals surface area (Å²) in [6, 6.07) is 7.38. The largest absolute Gasteiger partial charge is 0.347 e. The van der Waals surface area contributed by atoms with Crippen molar-refractivity contribution < 1.29 is 9.59 Å². The van der Waals surface area contributed by atoms with Gasteiger partial charge in [0.05, 0.1) is 12.2 Å². The summed E-state index contributed by atoms with van der Waals surface area (Å²) in [5.41, 5.74) is 2.67. The van der Waals surface area contributed by atoms with Crippen molar-refractivity contribution in [2.24, 2.45) is 0 Å². The number of carbonyl (C=O) groups is 2. The second-order valence-corrected chi connectivity index (χ2v) is 6.38. The Bertz CT molecular complexity index is 751. The lowest BCUT2D eigenvalue weighted by Gasteiger charge is -2.16. The maximum Gasteiger partial charge on any atom is 0.251 e.